The van der Waals surface area contributed by atoms with Crippen LogP contribution in [0, 0.1) is 5.92 Å². The van der Waals surface area contributed by atoms with Gasteiger partial charge in [0.1, 0.15) is 5.69 Å². The lowest BCUT2D eigenvalue weighted by Crippen LogP contribution is -2.18. The van der Waals surface area contributed by atoms with Crippen molar-refractivity contribution in [1.82, 2.24) is 9.97 Å². The molecule has 0 aliphatic carbocycles. The van der Waals surface area contributed by atoms with Gasteiger partial charge in [0.15, 0.2) is 5.82 Å². The first kappa shape index (κ1) is 16.0. The Morgan fingerprint density at radius 3 is 2.90 bits per heavy atom. The Morgan fingerprint density at radius 1 is 1.50 bits per heavy atom. The first-order chi connectivity index (χ1) is 9.54. The second kappa shape index (κ2) is 8.19. The molecule has 5 N–H and O–H groups in total. The van der Waals surface area contributed by atoms with Gasteiger partial charge in [-0.1, -0.05) is 19.8 Å². The average molecular weight is 282 g/mol. The third-order valence-electron chi connectivity index (χ3n) is 3.20. The van der Waals surface area contributed by atoms with E-state index in [9.17, 15) is 9.59 Å². The topological polar surface area (TPSA) is 121 Å². The zero-order valence-electron chi connectivity index (χ0n) is 11.7. The number of aliphatic carboxylic acids is 1. The quantitative estimate of drug-likeness (QED) is 0.543. The van der Waals surface area contributed by atoms with E-state index < -0.39 is 5.97 Å². The zero-order chi connectivity index (χ0) is 15.0. The van der Waals surface area contributed by atoms with Crippen LogP contribution in [0.15, 0.2) is 11.1 Å². The number of H-pyrrole nitrogens is 1. The van der Waals surface area contributed by atoms with E-state index in [2.05, 4.69) is 22.2 Å². The van der Waals surface area contributed by atoms with Gasteiger partial charge in [-0.25, -0.2) is 4.98 Å². The van der Waals surface area contributed by atoms with Crippen LogP contribution in [0.25, 0.3) is 0 Å². The highest BCUT2D eigenvalue weighted by atomic mass is 16.4. The molecule has 0 saturated carbocycles. The number of nitrogens with one attached hydrogen (secondary N) is 2. The predicted molar refractivity (Wildman–Crippen MR) is 77.6 cm³/mol. The lowest BCUT2D eigenvalue weighted by molar-refractivity contribution is -0.137. The summed E-state index contributed by atoms with van der Waals surface area (Å²) < 4.78 is 0. The summed E-state index contributed by atoms with van der Waals surface area (Å²) in [5, 5.41) is 11.7. The number of carboxylic acids is 1. The van der Waals surface area contributed by atoms with E-state index >= 15 is 0 Å². The van der Waals surface area contributed by atoms with Crippen LogP contribution in [-0.2, 0) is 4.79 Å². The van der Waals surface area contributed by atoms with Crippen LogP contribution in [0.4, 0.5) is 11.5 Å². The number of hydrogen-bond donors (Lipinski definition) is 4. The molecule has 0 aliphatic rings. The minimum atomic E-state index is -0.764. The van der Waals surface area contributed by atoms with Gasteiger partial charge in [0, 0.05) is 13.0 Å². The number of rotatable bonds is 9. The predicted octanol–water partition coefficient (Wildman–Crippen LogP) is 1.44. The number of anilines is 2. The first-order valence-electron chi connectivity index (χ1n) is 6.83. The van der Waals surface area contributed by atoms with Gasteiger partial charge < -0.3 is 21.1 Å². The number of hydrogen-bond acceptors (Lipinski definition) is 5. The van der Waals surface area contributed by atoms with E-state index in [-0.39, 0.29) is 17.7 Å². The molecule has 1 aromatic heterocycles. The number of nitrogens with two attached hydrogens (primary N) is 1. The Kier molecular flexibility index (Phi) is 6.55. The van der Waals surface area contributed by atoms with Crippen LogP contribution in [-0.4, -0.2) is 27.6 Å². The summed E-state index contributed by atoms with van der Waals surface area (Å²) in [6.07, 6.45) is 5.01. The highest BCUT2D eigenvalue weighted by Gasteiger charge is 2.11. The fourth-order valence-electron chi connectivity index (χ4n) is 2.11. The molecule has 112 valence electrons. The normalized spacial score (nSPS) is 12.1. The fraction of sp³-hybridized carbons (Fsp3) is 0.615. The highest BCUT2D eigenvalue weighted by molar-refractivity contribution is 5.66. The van der Waals surface area contributed by atoms with Crippen LogP contribution in [0.1, 0.15) is 39.0 Å². The van der Waals surface area contributed by atoms with Gasteiger partial charge in [0.05, 0.1) is 6.33 Å². The monoisotopic (exact) mass is 282 g/mol. The molecule has 0 spiro atoms. The lowest BCUT2D eigenvalue weighted by Gasteiger charge is -2.15. The van der Waals surface area contributed by atoms with Crippen molar-refractivity contribution in [2.45, 2.75) is 39.0 Å². The molecule has 20 heavy (non-hydrogen) atoms. The van der Waals surface area contributed by atoms with Crippen LogP contribution < -0.4 is 16.6 Å². The number of carboxylic acid groups (broad SMARTS) is 1. The number of nitrogens with zero attached hydrogens (tertiary/aromatic N) is 1. The third-order valence-corrected chi connectivity index (χ3v) is 3.20. The van der Waals surface area contributed by atoms with Gasteiger partial charge in [-0.05, 0) is 18.8 Å². The summed E-state index contributed by atoms with van der Waals surface area (Å²) >= 11 is 0. The molecule has 7 nitrogen and oxygen atoms in total. The third kappa shape index (κ3) is 5.29. The average Bonchev–Trinajstić information content (AvgIpc) is 2.40. The first-order valence-corrected chi connectivity index (χ1v) is 6.83. The molecule has 0 fully saturated rings. The zero-order valence-corrected chi connectivity index (χ0v) is 11.7. The van der Waals surface area contributed by atoms with Crippen molar-refractivity contribution in [3.63, 3.8) is 0 Å². The fourth-order valence-corrected chi connectivity index (χ4v) is 2.11. The van der Waals surface area contributed by atoms with Crippen molar-refractivity contribution >= 4 is 17.5 Å². The van der Waals surface area contributed by atoms with Gasteiger partial charge in [-0.15, -0.1) is 0 Å². The Balaban J connectivity index is 2.45. The SMILES string of the molecule is CCCC(CCNc1nc[nH]c(=O)c1N)CCC(=O)O. The van der Waals surface area contributed by atoms with E-state index in [1.54, 1.807) is 0 Å². The van der Waals surface area contributed by atoms with Crippen LogP contribution in [0.3, 0.4) is 0 Å². The number of nitrogen functional groups attached to an aromatic ring is 1. The summed E-state index contributed by atoms with van der Waals surface area (Å²) in [5.41, 5.74) is 5.32. The summed E-state index contributed by atoms with van der Waals surface area (Å²) in [6.45, 7) is 2.70. The largest absolute Gasteiger partial charge is 0.481 e. The minimum Gasteiger partial charge on any atom is -0.481 e. The smallest absolute Gasteiger partial charge is 0.303 e. The van der Waals surface area contributed by atoms with Crippen molar-refractivity contribution in [1.29, 1.82) is 0 Å². The van der Waals surface area contributed by atoms with Crippen LogP contribution >= 0.6 is 0 Å². The molecule has 0 amide bonds. The van der Waals surface area contributed by atoms with Gasteiger partial charge in [-0.3, -0.25) is 9.59 Å². The van der Waals surface area contributed by atoms with E-state index in [4.69, 9.17) is 10.8 Å². The lowest BCUT2D eigenvalue weighted by atomic mass is 9.94. The van der Waals surface area contributed by atoms with Gasteiger partial charge >= 0.3 is 5.97 Å². The summed E-state index contributed by atoms with van der Waals surface area (Å²) in [5.74, 6) is -0.0337. The molecule has 0 aliphatic heterocycles. The molecule has 0 radical (unpaired) electrons. The molecule has 0 aromatic carbocycles. The summed E-state index contributed by atoms with van der Waals surface area (Å²) in [7, 11) is 0. The van der Waals surface area contributed by atoms with E-state index in [0.29, 0.717) is 24.7 Å². The van der Waals surface area contributed by atoms with Crippen LogP contribution in [0.5, 0.6) is 0 Å². The van der Waals surface area contributed by atoms with Gasteiger partial charge in [0.2, 0.25) is 0 Å². The van der Waals surface area contributed by atoms with Crippen molar-refractivity contribution in [2.24, 2.45) is 5.92 Å². The summed E-state index contributed by atoms with van der Waals surface area (Å²) in [4.78, 5) is 28.3. The number of aromatic amines is 1. The molecule has 0 bridgehead atoms. The maximum absolute atomic E-state index is 11.3. The Morgan fingerprint density at radius 2 is 2.25 bits per heavy atom. The van der Waals surface area contributed by atoms with Crippen molar-refractivity contribution in [2.75, 3.05) is 17.6 Å². The second-order valence-electron chi connectivity index (χ2n) is 4.80. The Bertz CT molecular complexity index is 487. The molecule has 1 aromatic rings. The summed E-state index contributed by atoms with van der Waals surface area (Å²) in [6, 6.07) is 0. The van der Waals surface area contributed by atoms with E-state index in [1.807, 2.05) is 0 Å². The maximum Gasteiger partial charge on any atom is 0.303 e. The minimum absolute atomic E-state index is 0.0741. The second-order valence-corrected chi connectivity index (χ2v) is 4.80. The number of aromatic nitrogens is 2. The molecule has 0 saturated heterocycles. The Labute approximate surface area is 117 Å². The molecule has 1 atom stereocenters. The van der Waals surface area contributed by atoms with E-state index in [0.717, 1.165) is 19.3 Å². The van der Waals surface area contributed by atoms with E-state index in [1.165, 1.54) is 6.33 Å². The van der Waals surface area contributed by atoms with Crippen molar-refractivity contribution < 1.29 is 9.90 Å². The van der Waals surface area contributed by atoms with Gasteiger partial charge in [0.25, 0.3) is 5.56 Å². The molecule has 1 heterocycles. The van der Waals surface area contributed by atoms with Crippen molar-refractivity contribution in [3.8, 4) is 0 Å². The Hall–Kier alpha value is -2.05. The maximum atomic E-state index is 11.3. The van der Waals surface area contributed by atoms with Gasteiger partial charge in [-0.2, -0.15) is 0 Å². The standard InChI is InChI=1S/C13H22N4O3/c1-2-3-9(4-5-10(18)19)6-7-15-12-11(14)13(20)17-8-16-12/h8-9H,2-7,14H2,1H3,(H,18,19)(H2,15,16,17,20). The van der Waals surface area contributed by atoms with Crippen molar-refractivity contribution in [3.05, 3.63) is 16.7 Å². The molecule has 1 rings (SSSR count). The highest BCUT2D eigenvalue weighted by Crippen LogP contribution is 2.18. The molecule has 1 unspecified atom stereocenters. The number of carbonyl (C=O) groups is 1. The van der Waals surface area contributed by atoms with Crippen LogP contribution in [0.2, 0.25) is 0 Å². The molecular formula is C13H22N4O3. The molecular weight excluding hydrogens is 260 g/mol. The molecule has 7 heteroatoms.